The summed E-state index contributed by atoms with van der Waals surface area (Å²) in [5.74, 6) is 5.87. The second-order valence-corrected chi connectivity index (χ2v) is 5.79. The van der Waals surface area contributed by atoms with Gasteiger partial charge in [-0.3, -0.25) is 5.84 Å². The molecule has 0 fully saturated rings. The standard InChI is InChI=1S/C16H14BrFN2O/c1-9-5-6-11(12(17)7-9)15(20-19)14-8-10-3-2-4-13(18)16(10)21-14/h2-8,15,20H,19H2,1H3. The van der Waals surface area contributed by atoms with Gasteiger partial charge < -0.3 is 4.42 Å². The van der Waals surface area contributed by atoms with E-state index < -0.39 is 0 Å². The van der Waals surface area contributed by atoms with Gasteiger partial charge in [-0.1, -0.05) is 40.2 Å². The van der Waals surface area contributed by atoms with Gasteiger partial charge in [-0.25, -0.2) is 9.82 Å². The average molecular weight is 349 g/mol. The SMILES string of the molecule is Cc1ccc(C(NN)c2cc3cccc(F)c3o2)c(Br)c1. The lowest BCUT2D eigenvalue weighted by Crippen LogP contribution is -2.28. The molecule has 0 amide bonds. The summed E-state index contributed by atoms with van der Waals surface area (Å²) >= 11 is 3.53. The fourth-order valence-electron chi connectivity index (χ4n) is 2.38. The maximum absolute atomic E-state index is 13.7. The minimum atomic E-state index is -0.377. The number of fused-ring (bicyclic) bond motifs is 1. The molecule has 3 nitrogen and oxygen atoms in total. The van der Waals surface area contributed by atoms with E-state index in [2.05, 4.69) is 21.4 Å². The number of nitrogens with two attached hydrogens (primary N) is 1. The summed E-state index contributed by atoms with van der Waals surface area (Å²) in [5, 5.41) is 0.716. The number of halogens is 2. The van der Waals surface area contributed by atoms with Gasteiger partial charge in [0.1, 0.15) is 11.8 Å². The Kier molecular flexibility index (Phi) is 3.80. The van der Waals surface area contributed by atoms with Crippen molar-refractivity contribution in [3.63, 3.8) is 0 Å². The lowest BCUT2D eigenvalue weighted by molar-refractivity contribution is 0.464. The Hall–Kier alpha value is -1.69. The van der Waals surface area contributed by atoms with Gasteiger partial charge in [-0.15, -0.1) is 0 Å². The number of furan rings is 1. The molecule has 0 radical (unpaired) electrons. The first-order valence-corrected chi connectivity index (χ1v) is 7.29. The van der Waals surface area contributed by atoms with Crippen LogP contribution in [0.4, 0.5) is 4.39 Å². The van der Waals surface area contributed by atoms with Crippen molar-refractivity contribution in [2.75, 3.05) is 0 Å². The number of benzene rings is 2. The summed E-state index contributed by atoms with van der Waals surface area (Å²) in [6.07, 6.45) is 0. The van der Waals surface area contributed by atoms with Gasteiger partial charge in [0.15, 0.2) is 11.4 Å². The average Bonchev–Trinajstić information content (AvgIpc) is 2.87. The van der Waals surface area contributed by atoms with E-state index in [-0.39, 0.29) is 17.4 Å². The summed E-state index contributed by atoms with van der Waals surface area (Å²) in [7, 11) is 0. The molecular weight excluding hydrogens is 335 g/mol. The molecule has 0 aliphatic rings. The van der Waals surface area contributed by atoms with Crippen molar-refractivity contribution >= 4 is 26.9 Å². The first kappa shape index (κ1) is 14.3. The van der Waals surface area contributed by atoms with Crippen LogP contribution in [0.15, 0.2) is 51.4 Å². The molecule has 0 aliphatic carbocycles. The normalized spacial score (nSPS) is 12.8. The van der Waals surface area contributed by atoms with Crippen molar-refractivity contribution in [2.24, 2.45) is 5.84 Å². The molecule has 0 bridgehead atoms. The number of rotatable bonds is 3. The molecule has 3 N–H and O–H groups in total. The fourth-order valence-corrected chi connectivity index (χ4v) is 3.10. The van der Waals surface area contributed by atoms with Crippen LogP contribution in [0.5, 0.6) is 0 Å². The van der Waals surface area contributed by atoms with Crippen LogP contribution in [0.25, 0.3) is 11.0 Å². The molecule has 21 heavy (non-hydrogen) atoms. The van der Waals surface area contributed by atoms with E-state index in [9.17, 15) is 4.39 Å². The minimum Gasteiger partial charge on any atom is -0.456 e. The zero-order valence-electron chi connectivity index (χ0n) is 11.4. The zero-order valence-corrected chi connectivity index (χ0v) is 12.9. The molecule has 0 spiro atoms. The minimum absolute atomic E-state index is 0.246. The molecule has 0 saturated heterocycles. The summed E-state index contributed by atoms with van der Waals surface area (Å²) in [5.41, 5.74) is 5.04. The number of nitrogens with one attached hydrogen (secondary N) is 1. The van der Waals surface area contributed by atoms with Gasteiger partial charge in [-0.05, 0) is 36.2 Å². The van der Waals surface area contributed by atoms with Crippen LogP contribution < -0.4 is 11.3 Å². The van der Waals surface area contributed by atoms with Gasteiger partial charge in [0.05, 0.1) is 0 Å². The second-order valence-electron chi connectivity index (χ2n) is 4.93. The van der Waals surface area contributed by atoms with E-state index in [1.165, 1.54) is 6.07 Å². The maximum atomic E-state index is 13.7. The van der Waals surface area contributed by atoms with E-state index in [0.717, 1.165) is 15.6 Å². The molecule has 3 aromatic rings. The molecule has 1 unspecified atom stereocenters. The van der Waals surface area contributed by atoms with E-state index in [0.29, 0.717) is 11.1 Å². The van der Waals surface area contributed by atoms with E-state index >= 15 is 0 Å². The van der Waals surface area contributed by atoms with Gasteiger partial charge in [0, 0.05) is 9.86 Å². The van der Waals surface area contributed by atoms with Crippen LogP contribution in [0.3, 0.4) is 0 Å². The predicted octanol–water partition coefficient (Wildman–Crippen LogP) is 4.20. The molecule has 0 saturated carbocycles. The van der Waals surface area contributed by atoms with Crippen LogP contribution in [0, 0.1) is 12.7 Å². The van der Waals surface area contributed by atoms with E-state index in [1.54, 1.807) is 12.1 Å². The van der Waals surface area contributed by atoms with Crippen LogP contribution in [0.1, 0.15) is 22.9 Å². The van der Waals surface area contributed by atoms with Crippen LogP contribution in [0.2, 0.25) is 0 Å². The maximum Gasteiger partial charge on any atom is 0.169 e. The van der Waals surface area contributed by atoms with Crippen LogP contribution in [-0.4, -0.2) is 0 Å². The Morgan fingerprint density at radius 2 is 2.05 bits per heavy atom. The van der Waals surface area contributed by atoms with Crippen molar-refractivity contribution in [2.45, 2.75) is 13.0 Å². The fraction of sp³-hybridized carbons (Fsp3) is 0.125. The number of hydrogen-bond donors (Lipinski definition) is 2. The highest BCUT2D eigenvalue weighted by Gasteiger charge is 2.20. The van der Waals surface area contributed by atoms with Gasteiger partial charge >= 0.3 is 0 Å². The quantitative estimate of drug-likeness (QED) is 0.551. The Morgan fingerprint density at radius 1 is 1.24 bits per heavy atom. The third-order valence-electron chi connectivity index (χ3n) is 3.43. The van der Waals surface area contributed by atoms with Crippen LogP contribution in [-0.2, 0) is 0 Å². The summed E-state index contributed by atoms with van der Waals surface area (Å²) in [6, 6.07) is 12.3. The zero-order chi connectivity index (χ0) is 15.0. The van der Waals surface area contributed by atoms with Crippen molar-refractivity contribution in [1.29, 1.82) is 0 Å². The lowest BCUT2D eigenvalue weighted by atomic mass is 10.0. The Labute approximate surface area is 130 Å². The summed E-state index contributed by atoms with van der Waals surface area (Å²) in [6.45, 7) is 2.01. The molecule has 3 rings (SSSR count). The highest BCUT2D eigenvalue weighted by atomic mass is 79.9. The smallest absolute Gasteiger partial charge is 0.169 e. The van der Waals surface area contributed by atoms with Crippen molar-refractivity contribution < 1.29 is 8.81 Å². The van der Waals surface area contributed by atoms with Gasteiger partial charge in [0.25, 0.3) is 0 Å². The predicted molar refractivity (Wildman–Crippen MR) is 84.2 cm³/mol. The first-order chi connectivity index (χ1) is 10.1. The molecule has 1 heterocycles. The number of hydrazine groups is 1. The van der Waals surface area contributed by atoms with Crippen molar-refractivity contribution in [3.8, 4) is 0 Å². The molecule has 1 aromatic heterocycles. The Bertz CT molecular complexity index is 800. The highest BCUT2D eigenvalue weighted by molar-refractivity contribution is 9.10. The highest BCUT2D eigenvalue weighted by Crippen LogP contribution is 2.32. The molecule has 2 aromatic carbocycles. The van der Waals surface area contributed by atoms with Gasteiger partial charge in [-0.2, -0.15) is 0 Å². The van der Waals surface area contributed by atoms with Gasteiger partial charge in [0.2, 0.25) is 0 Å². The third-order valence-corrected chi connectivity index (χ3v) is 4.12. The van der Waals surface area contributed by atoms with Crippen LogP contribution >= 0.6 is 15.9 Å². The summed E-state index contributed by atoms with van der Waals surface area (Å²) < 4.78 is 20.3. The number of para-hydroxylation sites is 1. The first-order valence-electron chi connectivity index (χ1n) is 6.50. The topological polar surface area (TPSA) is 51.2 Å². The molecular formula is C16H14BrFN2O. The van der Waals surface area contributed by atoms with Crippen molar-refractivity contribution in [3.05, 3.63) is 69.6 Å². The van der Waals surface area contributed by atoms with E-state index in [1.807, 2.05) is 31.2 Å². The molecule has 0 aliphatic heterocycles. The molecule has 108 valence electrons. The monoisotopic (exact) mass is 348 g/mol. The lowest BCUT2D eigenvalue weighted by Gasteiger charge is -2.15. The number of aryl methyl sites for hydroxylation is 1. The van der Waals surface area contributed by atoms with Crippen molar-refractivity contribution in [1.82, 2.24) is 5.43 Å². The third kappa shape index (κ3) is 2.60. The molecule has 1 atom stereocenters. The molecule has 5 heteroatoms. The Balaban J connectivity index is 2.11. The number of hydrogen-bond acceptors (Lipinski definition) is 3. The largest absolute Gasteiger partial charge is 0.456 e. The Morgan fingerprint density at radius 3 is 2.71 bits per heavy atom. The summed E-state index contributed by atoms with van der Waals surface area (Å²) in [4.78, 5) is 0. The second kappa shape index (κ2) is 5.60. The van der Waals surface area contributed by atoms with E-state index in [4.69, 9.17) is 10.3 Å².